The van der Waals surface area contributed by atoms with Crippen LogP contribution < -0.4 is 0 Å². The number of hydrogen-bond donors (Lipinski definition) is 0. The van der Waals surface area contributed by atoms with Gasteiger partial charge in [0.2, 0.25) is 5.91 Å². The number of carbonyl (C=O) groups excluding carboxylic acids is 2. The lowest BCUT2D eigenvalue weighted by molar-refractivity contribution is -0.142. The van der Waals surface area contributed by atoms with Crippen molar-refractivity contribution in [1.29, 1.82) is 0 Å². The van der Waals surface area contributed by atoms with E-state index in [-0.39, 0.29) is 18.7 Å². The molecule has 1 atom stereocenters. The first-order chi connectivity index (χ1) is 8.86. The average Bonchev–Trinajstić information content (AvgIpc) is 2.35. The number of esters is 1. The number of carbonyl (C=O) groups is 2. The SMILES string of the molecule is COC(=O)C(CCC(=O)N=CN(C)C)N=CN(C)C. The fourth-order valence-corrected chi connectivity index (χ4v) is 1.11. The van der Waals surface area contributed by atoms with Gasteiger partial charge in [-0.3, -0.25) is 9.79 Å². The van der Waals surface area contributed by atoms with Crippen molar-refractivity contribution in [2.75, 3.05) is 35.3 Å². The third-order valence-corrected chi connectivity index (χ3v) is 2.02. The molecule has 7 nitrogen and oxygen atoms in total. The number of ether oxygens (including phenoxy) is 1. The minimum Gasteiger partial charge on any atom is -0.467 e. The molecule has 0 aromatic heterocycles. The lowest BCUT2D eigenvalue weighted by Gasteiger charge is -2.10. The Morgan fingerprint density at radius 3 is 2.21 bits per heavy atom. The number of rotatable bonds is 7. The number of hydrogen-bond acceptors (Lipinski definition) is 4. The van der Waals surface area contributed by atoms with Crippen molar-refractivity contribution in [3.05, 3.63) is 0 Å². The second-order valence-electron chi connectivity index (χ2n) is 4.41. The summed E-state index contributed by atoms with van der Waals surface area (Å²) in [4.78, 5) is 34.1. The van der Waals surface area contributed by atoms with Crippen LogP contribution in [0.2, 0.25) is 0 Å². The summed E-state index contributed by atoms with van der Waals surface area (Å²) < 4.78 is 4.65. The highest BCUT2D eigenvalue weighted by molar-refractivity contribution is 5.85. The van der Waals surface area contributed by atoms with Crippen molar-refractivity contribution in [2.24, 2.45) is 9.98 Å². The van der Waals surface area contributed by atoms with E-state index in [9.17, 15) is 9.59 Å². The zero-order chi connectivity index (χ0) is 14.8. The van der Waals surface area contributed by atoms with Crippen molar-refractivity contribution in [3.8, 4) is 0 Å². The normalized spacial score (nSPS) is 12.7. The zero-order valence-electron chi connectivity index (χ0n) is 12.2. The van der Waals surface area contributed by atoms with Crippen LogP contribution in [0.25, 0.3) is 0 Å². The third-order valence-electron chi connectivity index (χ3n) is 2.02. The predicted molar refractivity (Wildman–Crippen MR) is 74.4 cm³/mol. The molecule has 0 aromatic rings. The number of amides is 1. The number of nitrogens with zero attached hydrogens (tertiary/aromatic N) is 4. The van der Waals surface area contributed by atoms with Crippen LogP contribution in [0.3, 0.4) is 0 Å². The predicted octanol–water partition coefficient (Wildman–Crippen LogP) is 0.0146. The molecule has 0 N–H and O–H groups in total. The summed E-state index contributed by atoms with van der Waals surface area (Å²) in [6, 6.07) is -0.675. The summed E-state index contributed by atoms with van der Waals surface area (Å²) in [6.07, 6.45) is 3.38. The molecule has 0 spiro atoms. The lowest BCUT2D eigenvalue weighted by Crippen LogP contribution is -2.23. The molecule has 0 bridgehead atoms. The van der Waals surface area contributed by atoms with Crippen LogP contribution in [-0.2, 0) is 14.3 Å². The van der Waals surface area contributed by atoms with Crippen LogP contribution in [0.15, 0.2) is 9.98 Å². The van der Waals surface area contributed by atoms with Crippen molar-refractivity contribution >= 4 is 24.6 Å². The molecule has 0 saturated heterocycles. The van der Waals surface area contributed by atoms with E-state index in [0.29, 0.717) is 0 Å². The first-order valence-corrected chi connectivity index (χ1v) is 5.87. The molecule has 108 valence electrons. The van der Waals surface area contributed by atoms with Crippen LogP contribution >= 0.6 is 0 Å². The molecule has 0 radical (unpaired) electrons. The fourth-order valence-electron chi connectivity index (χ4n) is 1.11. The molecule has 0 aliphatic heterocycles. The van der Waals surface area contributed by atoms with Gasteiger partial charge in [0.1, 0.15) is 6.04 Å². The zero-order valence-corrected chi connectivity index (χ0v) is 12.2. The molecule has 7 heteroatoms. The summed E-state index contributed by atoms with van der Waals surface area (Å²) in [5, 5.41) is 0. The molecule has 1 amide bonds. The van der Waals surface area contributed by atoms with Crippen LogP contribution in [0.4, 0.5) is 0 Å². The quantitative estimate of drug-likeness (QED) is 0.370. The average molecular weight is 270 g/mol. The fraction of sp³-hybridized carbons (Fsp3) is 0.667. The minimum atomic E-state index is -0.675. The molecule has 0 rings (SSSR count). The van der Waals surface area contributed by atoms with Gasteiger partial charge < -0.3 is 14.5 Å². The Hall–Kier alpha value is -1.92. The summed E-state index contributed by atoms with van der Waals surface area (Å²) in [7, 11) is 8.44. The van der Waals surface area contributed by atoms with E-state index in [2.05, 4.69) is 14.7 Å². The smallest absolute Gasteiger partial charge is 0.330 e. The molecule has 19 heavy (non-hydrogen) atoms. The third kappa shape index (κ3) is 8.76. The number of aliphatic imine (C=N–C) groups is 2. The molecular formula is C12H22N4O3. The monoisotopic (exact) mass is 270 g/mol. The highest BCUT2D eigenvalue weighted by Gasteiger charge is 2.18. The Kier molecular flexibility index (Phi) is 8.15. The largest absolute Gasteiger partial charge is 0.467 e. The van der Waals surface area contributed by atoms with Crippen molar-refractivity contribution in [1.82, 2.24) is 9.80 Å². The maximum absolute atomic E-state index is 11.5. The van der Waals surface area contributed by atoms with E-state index < -0.39 is 12.0 Å². The van der Waals surface area contributed by atoms with E-state index in [1.54, 1.807) is 38.0 Å². The van der Waals surface area contributed by atoms with Crippen molar-refractivity contribution in [3.63, 3.8) is 0 Å². The van der Waals surface area contributed by atoms with Crippen molar-refractivity contribution < 1.29 is 14.3 Å². The Labute approximate surface area is 114 Å². The van der Waals surface area contributed by atoms with Gasteiger partial charge >= 0.3 is 5.97 Å². The number of methoxy groups -OCH3 is 1. The van der Waals surface area contributed by atoms with Crippen LogP contribution in [0, 0.1) is 0 Å². The summed E-state index contributed by atoms with van der Waals surface area (Å²) in [6.45, 7) is 0. The lowest BCUT2D eigenvalue weighted by atomic mass is 10.1. The molecular weight excluding hydrogens is 248 g/mol. The first-order valence-electron chi connectivity index (χ1n) is 5.87. The topological polar surface area (TPSA) is 74.6 Å². The maximum Gasteiger partial charge on any atom is 0.330 e. The van der Waals surface area contributed by atoms with E-state index in [1.807, 2.05) is 0 Å². The highest BCUT2D eigenvalue weighted by atomic mass is 16.5. The molecule has 0 aliphatic rings. The Morgan fingerprint density at radius 2 is 1.74 bits per heavy atom. The van der Waals surface area contributed by atoms with Gasteiger partial charge in [0.05, 0.1) is 19.8 Å². The van der Waals surface area contributed by atoms with Gasteiger partial charge in [-0.1, -0.05) is 0 Å². The highest BCUT2D eigenvalue weighted by Crippen LogP contribution is 2.05. The van der Waals surface area contributed by atoms with Gasteiger partial charge in [0.15, 0.2) is 0 Å². The minimum absolute atomic E-state index is 0.148. The Balaban J connectivity index is 4.42. The molecule has 0 aromatic carbocycles. The summed E-state index contributed by atoms with van der Waals surface area (Å²) in [5.41, 5.74) is 0. The molecule has 0 heterocycles. The van der Waals surface area contributed by atoms with Crippen LogP contribution in [-0.4, -0.2) is 75.7 Å². The molecule has 0 fully saturated rings. The van der Waals surface area contributed by atoms with Crippen molar-refractivity contribution in [2.45, 2.75) is 18.9 Å². The molecule has 0 aliphatic carbocycles. The molecule has 0 saturated carbocycles. The van der Waals surface area contributed by atoms with Gasteiger partial charge in [-0.25, -0.2) is 9.79 Å². The van der Waals surface area contributed by atoms with E-state index >= 15 is 0 Å². The maximum atomic E-state index is 11.5. The van der Waals surface area contributed by atoms with E-state index in [0.717, 1.165) is 0 Å². The van der Waals surface area contributed by atoms with Gasteiger partial charge in [-0.2, -0.15) is 0 Å². The van der Waals surface area contributed by atoms with Gasteiger partial charge in [0.25, 0.3) is 0 Å². The van der Waals surface area contributed by atoms with Crippen LogP contribution in [0.1, 0.15) is 12.8 Å². The van der Waals surface area contributed by atoms with Gasteiger partial charge in [-0.05, 0) is 6.42 Å². The molecule has 1 unspecified atom stereocenters. The van der Waals surface area contributed by atoms with E-state index in [4.69, 9.17) is 0 Å². The van der Waals surface area contributed by atoms with Gasteiger partial charge in [0, 0.05) is 34.6 Å². The second kappa shape index (κ2) is 9.07. The Morgan fingerprint density at radius 1 is 1.16 bits per heavy atom. The second-order valence-corrected chi connectivity index (χ2v) is 4.41. The van der Waals surface area contributed by atoms with Gasteiger partial charge in [-0.15, -0.1) is 0 Å². The van der Waals surface area contributed by atoms with E-state index in [1.165, 1.54) is 19.8 Å². The summed E-state index contributed by atoms with van der Waals surface area (Å²) >= 11 is 0. The van der Waals surface area contributed by atoms with Crippen LogP contribution in [0.5, 0.6) is 0 Å². The first kappa shape index (κ1) is 17.1. The standard InChI is InChI=1S/C12H22N4O3/c1-15(2)8-13-10(12(18)19-5)6-7-11(17)14-9-16(3)4/h8-10H,6-7H2,1-5H3. The Bertz CT molecular complexity index is 351. The summed E-state index contributed by atoms with van der Waals surface area (Å²) in [5.74, 6) is -0.745.